The molecule has 106 valence electrons. The zero-order chi connectivity index (χ0) is 13.8. The van der Waals surface area contributed by atoms with Crippen molar-refractivity contribution in [3.05, 3.63) is 12.1 Å². The Morgan fingerprint density at radius 1 is 1.00 bits per heavy atom. The van der Waals surface area contributed by atoms with E-state index in [1.807, 2.05) is 12.1 Å². The first kappa shape index (κ1) is 13.8. The summed E-state index contributed by atoms with van der Waals surface area (Å²) in [5.74, 6) is 2.48. The summed E-state index contributed by atoms with van der Waals surface area (Å²) >= 11 is 0. The van der Waals surface area contributed by atoms with E-state index in [1.165, 1.54) is 0 Å². The molecule has 0 heterocycles. The van der Waals surface area contributed by atoms with Crippen LogP contribution in [0.5, 0.6) is 23.0 Å². The van der Waals surface area contributed by atoms with Gasteiger partial charge in [0.2, 0.25) is 5.75 Å². The number of ether oxygens (including phenoxy) is 4. The molecule has 1 saturated carbocycles. The Morgan fingerprint density at radius 2 is 1.63 bits per heavy atom. The lowest BCUT2D eigenvalue weighted by Gasteiger charge is -2.17. The van der Waals surface area contributed by atoms with Crippen molar-refractivity contribution >= 4 is 0 Å². The maximum absolute atomic E-state index is 5.93. The van der Waals surface area contributed by atoms with E-state index in [1.54, 1.807) is 21.3 Å². The molecule has 0 radical (unpaired) electrons. The van der Waals surface area contributed by atoms with Gasteiger partial charge in [0.1, 0.15) is 11.9 Å². The molecule has 1 aliphatic carbocycles. The van der Waals surface area contributed by atoms with Crippen LogP contribution in [-0.2, 0) is 0 Å². The Labute approximate surface area is 113 Å². The van der Waals surface area contributed by atoms with Crippen molar-refractivity contribution in [2.75, 3.05) is 21.3 Å². The predicted octanol–water partition coefficient (Wildman–Crippen LogP) is 1.97. The first-order valence-electron chi connectivity index (χ1n) is 6.40. The SMILES string of the molecule is COc1cc(OC2CCC(N)C2)cc(OC)c1OC. The quantitative estimate of drug-likeness (QED) is 0.883. The van der Waals surface area contributed by atoms with Crippen molar-refractivity contribution in [2.24, 2.45) is 5.73 Å². The molecule has 5 heteroatoms. The van der Waals surface area contributed by atoms with Crippen LogP contribution < -0.4 is 24.7 Å². The molecule has 0 aliphatic heterocycles. The maximum Gasteiger partial charge on any atom is 0.203 e. The Morgan fingerprint density at radius 3 is 2.05 bits per heavy atom. The lowest BCUT2D eigenvalue weighted by atomic mass is 10.2. The molecular formula is C14H21NO4. The van der Waals surface area contributed by atoms with Gasteiger partial charge in [-0.1, -0.05) is 0 Å². The van der Waals surface area contributed by atoms with E-state index < -0.39 is 0 Å². The second kappa shape index (κ2) is 6.02. The van der Waals surface area contributed by atoms with Gasteiger partial charge >= 0.3 is 0 Å². The van der Waals surface area contributed by atoms with E-state index >= 15 is 0 Å². The Balaban J connectivity index is 2.21. The minimum absolute atomic E-state index is 0.165. The minimum Gasteiger partial charge on any atom is -0.493 e. The number of rotatable bonds is 5. The maximum atomic E-state index is 5.93. The molecule has 0 amide bonds. The Bertz CT molecular complexity index is 410. The number of nitrogens with two attached hydrogens (primary N) is 1. The Kier molecular flexibility index (Phi) is 4.37. The molecular weight excluding hydrogens is 246 g/mol. The van der Waals surface area contributed by atoms with E-state index in [-0.39, 0.29) is 12.1 Å². The normalized spacial score (nSPS) is 22.1. The van der Waals surface area contributed by atoms with Crippen LogP contribution in [-0.4, -0.2) is 33.5 Å². The van der Waals surface area contributed by atoms with E-state index in [4.69, 9.17) is 24.7 Å². The van der Waals surface area contributed by atoms with E-state index in [0.717, 1.165) is 19.3 Å². The lowest BCUT2D eigenvalue weighted by Crippen LogP contribution is -2.19. The van der Waals surface area contributed by atoms with Crippen LogP contribution in [0.3, 0.4) is 0 Å². The number of hydrogen-bond donors (Lipinski definition) is 1. The fourth-order valence-corrected chi connectivity index (χ4v) is 2.40. The van der Waals surface area contributed by atoms with Crippen molar-refractivity contribution in [3.8, 4) is 23.0 Å². The fourth-order valence-electron chi connectivity index (χ4n) is 2.40. The molecule has 0 spiro atoms. The van der Waals surface area contributed by atoms with Gasteiger partial charge in [0.25, 0.3) is 0 Å². The molecule has 1 fully saturated rings. The molecule has 2 rings (SSSR count). The molecule has 2 N–H and O–H groups in total. The van der Waals surface area contributed by atoms with Crippen LogP contribution in [0.25, 0.3) is 0 Å². The molecule has 1 aromatic carbocycles. The van der Waals surface area contributed by atoms with E-state index in [0.29, 0.717) is 23.0 Å². The largest absolute Gasteiger partial charge is 0.493 e. The zero-order valence-electron chi connectivity index (χ0n) is 11.6. The van der Waals surface area contributed by atoms with Crippen LogP contribution in [0.4, 0.5) is 0 Å². The topological polar surface area (TPSA) is 62.9 Å². The standard InChI is InChI=1S/C14H21NO4/c1-16-12-7-11(8-13(17-2)14(12)18-3)19-10-5-4-9(15)6-10/h7-10H,4-6,15H2,1-3H3. The Hall–Kier alpha value is -1.62. The average Bonchev–Trinajstić information content (AvgIpc) is 2.82. The first-order chi connectivity index (χ1) is 9.17. The molecule has 0 saturated heterocycles. The van der Waals surface area contributed by atoms with Crippen LogP contribution in [0.2, 0.25) is 0 Å². The second-order valence-corrected chi connectivity index (χ2v) is 4.67. The third kappa shape index (κ3) is 3.04. The predicted molar refractivity (Wildman–Crippen MR) is 72.3 cm³/mol. The lowest BCUT2D eigenvalue weighted by molar-refractivity contribution is 0.205. The van der Waals surface area contributed by atoms with Gasteiger partial charge in [-0.15, -0.1) is 0 Å². The number of hydrogen-bond acceptors (Lipinski definition) is 5. The molecule has 19 heavy (non-hydrogen) atoms. The summed E-state index contributed by atoms with van der Waals surface area (Å²) in [6.07, 6.45) is 3.04. The zero-order valence-corrected chi connectivity index (χ0v) is 11.6. The molecule has 2 unspecified atom stereocenters. The average molecular weight is 267 g/mol. The van der Waals surface area contributed by atoms with E-state index in [9.17, 15) is 0 Å². The summed E-state index contributed by atoms with van der Waals surface area (Å²) in [6, 6.07) is 3.86. The summed E-state index contributed by atoms with van der Waals surface area (Å²) in [4.78, 5) is 0. The van der Waals surface area contributed by atoms with Gasteiger partial charge < -0.3 is 24.7 Å². The third-order valence-corrected chi connectivity index (χ3v) is 3.37. The van der Waals surface area contributed by atoms with Gasteiger partial charge in [-0.05, 0) is 19.3 Å². The molecule has 0 aromatic heterocycles. The van der Waals surface area contributed by atoms with Gasteiger partial charge in [0.15, 0.2) is 11.5 Å². The smallest absolute Gasteiger partial charge is 0.203 e. The number of methoxy groups -OCH3 is 3. The molecule has 2 atom stereocenters. The van der Waals surface area contributed by atoms with Gasteiger partial charge in [-0.3, -0.25) is 0 Å². The van der Waals surface area contributed by atoms with Crippen LogP contribution in [0.1, 0.15) is 19.3 Å². The second-order valence-electron chi connectivity index (χ2n) is 4.67. The van der Waals surface area contributed by atoms with Crippen LogP contribution >= 0.6 is 0 Å². The highest BCUT2D eigenvalue weighted by Crippen LogP contribution is 2.41. The molecule has 1 aromatic rings. The van der Waals surface area contributed by atoms with Gasteiger partial charge in [0, 0.05) is 18.2 Å². The first-order valence-corrected chi connectivity index (χ1v) is 6.40. The van der Waals surface area contributed by atoms with Gasteiger partial charge in [-0.25, -0.2) is 0 Å². The van der Waals surface area contributed by atoms with E-state index in [2.05, 4.69) is 0 Å². The monoisotopic (exact) mass is 267 g/mol. The fraction of sp³-hybridized carbons (Fsp3) is 0.571. The highest BCUT2D eigenvalue weighted by Gasteiger charge is 2.24. The molecule has 0 bridgehead atoms. The summed E-state index contributed by atoms with van der Waals surface area (Å²) < 4.78 is 21.8. The van der Waals surface area contributed by atoms with Crippen molar-refractivity contribution in [1.82, 2.24) is 0 Å². The van der Waals surface area contributed by atoms with Crippen LogP contribution in [0, 0.1) is 0 Å². The van der Waals surface area contributed by atoms with Crippen molar-refractivity contribution < 1.29 is 18.9 Å². The van der Waals surface area contributed by atoms with Gasteiger partial charge in [-0.2, -0.15) is 0 Å². The summed E-state index contributed by atoms with van der Waals surface area (Å²) in [5, 5.41) is 0. The van der Waals surface area contributed by atoms with Gasteiger partial charge in [0.05, 0.1) is 21.3 Å². The minimum atomic E-state index is 0.165. The van der Waals surface area contributed by atoms with Crippen molar-refractivity contribution in [2.45, 2.75) is 31.4 Å². The molecule has 5 nitrogen and oxygen atoms in total. The summed E-state index contributed by atoms with van der Waals surface area (Å²) in [5.41, 5.74) is 5.89. The highest BCUT2D eigenvalue weighted by molar-refractivity contribution is 5.55. The van der Waals surface area contributed by atoms with Crippen LogP contribution in [0.15, 0.2) is 12.1 Å². The summed E-state index contributed by atoms with van der Waals surface area (Å²) in [6.45, 7) is 0. The summed E-state index contributed by atoms with van der Waals surface area (Å²) in [7, 11) is 4.76. The molecule has 1 aliphatic rings. The van der Waals surface area contributed by atoms with Crippen molar-refractivity contribution in [3.63, 3.8) is 0 Å². The highest BCUT2D eigenvalue weighted by atomic mass is 16.5. The third-order valence-electron chi connectivity index (χ3n) is 3.37. The van der Waals surface area contributed by atoms with Crippen molar-refractivity contribution in [1.29, 1.82) is 0 Å². The number of benzene rings is 1.